The van der Waals surface area contributed by atoms with Crippen LogP contribution in [0.2, 0.25) is 10.2 Å². The predicted molar refractivity (Wildman–Crippen MR) is 56.4 cm³/mol. The van der Waals surface area contributed by atoms with Gasteiger partial charge in [0.1, 0.15) is 5.75 Å². The Morgan fingerprint density at radius 3 is 2.60 bits per heavy atom. The highest BCUT2D eigenvalue weighted by atomic mass is 35.5. The number of ether oxygens (including phenoxy) is 1. The largest absolute Gasteiger partial charge is 0.436 e. The summed E-state index contributed by atoms with van der Waals surface area (Å²) in [6, 6.07) is 4.82. The molecule has 0 aliphatic carbocycles. The number of hydrogen-bond acceptors (Lipinski definition) is 4. The maximum atomic E-state index is 5.74. The van der Waals surface area contributed by atoms with Gasteiger partial charge in [-0.25, -0.2) is 0 Å². The third-order valence-corrected chi connectivity index (χ3v) is 1.92. The molecule has 76 valence electrons. The lowest BCUT2D eigenvalue weighted by molar-refractivity contribution is 0.453. The van der Waals surface area contributed by atoms with Crippen LogP contribution in [-0.2, 0) is 0 Å². The molecule has 0 spiro atoms. The number of hydrogen-bond donors (Lipinski definition) is 0. The third-order valence-electron chi connectivity index (χ3n) is 1.51. The van der Waals surface area contributed by atoms with E-state index in [0.717, 1.165) is 0 Å². The summed E-state index contributed by atoms with van der Waals surface area (Å²) in [5, 5.41) is 8.17. The van der Waals surface area contributed by atoms with Crippen molar-refractivity contribution in [3.63, 3.8) is 0 Å². The van der Waals surface area contributed by atoms with E-state index in [1.807, 2.05) is 0 Å². The number of aromatic nitrogens is 3. The average molecular weight is 242 g/mol. The molecule has 0 aromatic carbocycles. The SMILES string of the molecule is Clc1cncc(Oc2ccc(Cl)nn2)c1. The van der Waals surface area contributed by atoms with E-state index in [1.165, 1.54) is 12.4 Å². The van der Waals surface area contributed by atoms with Gasteiger partial charge in [0.2, 0.25) is 5.88 Å². The Hall–Kier alpha value is -1.39. The van der Waals surface area contributed by atoms with Gasteiger partial charge in [0.05, 0.1) is 11.2 Å². The Morgan fingerprint density at radius 2 is 1.93 bits per heavy atom. The van der Waals surface area contributed by atoms with Crippen molar-refractivity contribution in [1.29, 1.82) is 0 Å². The molecule has 0 unspecified atom stereocenters. The molecule has 0 fully saturated rings. The van der Waals surface area contributed by atoms with Crippen LogP contribution in [0, 0.1) is 0 Å². The molecule has 0 aliphatic heterocycles. The molecule has 2 aromatic rings. The maximum absolute atomic E-state index is 5.74. The Labute approximate surface area is 95.8 Å². The van der Waals surface area contributed by atoms with Crippen molar-refractivity contribution in [3.8, 4) is 11.6 Å². The number of halogens is 2. The third kappa shape index (κ3) is 2.78. The molecule has 6 heteroatoms. The minimum absolute atomic E-state index is 0.312. The van der Waals surface area contributed by atoms with Gasteiger partial charge < -0.3 is 4.74 Å². The van der Waals surface area contributed by atoms with E-state index in [4.69, 9.17) is 27.9 Å². The van der Waals surface area contributed by atoms with Crippen LogP contribution in [0.25, 0.3) is 0 Å². The van der Waals surface area contributed by atoms with E-state index in [1.54, 1.807) is 18.2 Å². The van der Waals surface area contributed by atoms with Gasteiger partial charge in [-0.2, -0.15) is 0 Å². The molecule has 0 radical (unpaired) electrons. The van der Waals surface area contributed by atoms with Crippen LogP contribution in [0.5, 0.6) is 11.6 Å². The summed E-state index contributed by atoms with van der Waals surface area (Å²) in [6.07, 6.45) is 3.05. The fraction of sp³-hybridized carbons (Fsp3) is 0. The second kappa shape index (κ2) is 4.42. The van der Waals surface area contributed by atoms with Crippen molar-refractivity contribution in [1.82, 2.24) is 15.2 Å². The van der Waals surface area contributed by atoms with Gasteiger partial charge in [0, 0.05) is 18.3 Å². The zero-order valence-corrected chi connectivity index (χ0v) is 8.90. The Morgan fingerprint density at radius 1 is 1.07 bits per heavy atom. The minimum Gasteiger partial charge on any atom is -0.436 e. The summed E-state index contributed by atoms with van der Waals surface area (Å²) in [4.78, 5) is 3.87. The molecule has 2 heterocycles. The highest BCUT2D eigenvalue weighted by molar-refractivity contribution is 6.30. The summed E-state index contributed by atoms with van der Waals surface area (Å²) in [7, 11) is 0. The van der Waals surface area contributed by atoms with Gasteiger partial charge in [-0.15, -0.1) is 10.2 Å². The van der Waals surface area contributed by atoms with Crippen molar-refractivity contribution in [2.45, 2.75) is 0 Å². The van der Waals surface area contributed by atoms with Crippen molar-refractivity contribution in [2.24, 2.45) is 0 Å². The summed E-state index contributed by atoms with van der Waals surface area (Å²) in [6.45, 7) is 0. The first-order chi connectivity index (χ1) is 7.24. The lowest BCUT2D eigenvalue weighted by atomic mass is 10.4. The first-order valence-electron chi connectivity index (χ1n) is 4.02. The van der Waals surface area contributed by atoms with Gasteiger partial charge in [0.25, 0.3) is 0 Å². The lowest BCUT2D eigenvalue weighted by Gasteiger charge is -2.02. The van der Waals surface area contributed by atoms with E-state index < -0.39 is 0 Å². The maximum Gasteiger partial charge on any atom is 0.239 e. The van der Waals surface area contributed by atoms with Crippen LogP contribution in [-0.4, -0.2) is 15.2 Å². The number of nitrogens with zero attached hydrogens (tertiary/aromatic N) is 3. The fourth-order valence-corrected chi connectivity index (χ4v) is 1.19. The zero-order valence-electron chi connectivity index (χ0n) is 7.39. The van der Waals surface area contributed by atoms with Crippen molar-refractivity contribution >= 4 is 23.2 Å². The molecule has 2 aromatic heterocycles. The summed E-state index contributed by atoms with van der Waals surface area (Å²) in [5.74, 6) is 0.836. The lowest BCUT2D eigenvalue weighted by Crippen LogP contribution is -1.90. The Bertz CT molecular complexity index is 461. The van der Waals surface area contributed by atoms with Gasteiger partial charge in [-0.05, 0) is 6.07 Å². The second-order valence-corrected chi connectivity index (χ2v) is 3.46. The molecule has 0 atom stereocenters. The molecule has 2 rings (SSSR count). The standard InChI is InChI=1S/C9H5Cl2N3O/c10-6-3-7(5-12-4-6)15-9-2-1-8(11)13-14-9/h1-5H. The average Bonchev–Trinajstić information content (AvgIpc) is 2.22. The molecule has 0 N–H and O–H groups in total. The van der Waals surface area contributed by atoms with Crippen molar-refractivity contribution < 1.29 is 4.74 Å². The van der Waals surface area contributed by atoms with E-state index in [2.05, 4.69) is 15.2 Å². The van der Waals surface area contributed by atoms with Gasteiger partial charge in [0.15, 0.2) is 5.15 Å². The predicted octanol–water partition coefficient (Wildman–Crippen LogP) is 2.97. The van der Waals surface area contributed by atoms with Crippen molar-refractivity contribution in [2.75, 3.05) is 0 Å². The molecule has 0 aliphatic rings. The highest BCUT2D eigenvalue weighted by Gasteiger charge is 2.00. The smallest absolute Gasteiger partial charge is 0.239 e. The van der Waals surface area contributed by atoms with Gasteiger partial charge in [-0.1, -0.05) is 23.2 Å². The van der Waals surface area contributed by atoms with Crippen LogP contribution in [0.4, 0.5) is 0 Å². The Balaban J connectivity index is 2.18. The highest BCUT2D eigenvalue weighted by Crippen LogP contribution is 2.21. The first kappa shape index (κ1) is 10.1. The molecule has 4 nitrogen and oxygen atoms in total. The van der Waals surface area contributed by atoms with E-state index in [9.17, 15) is 0 Å². The zero-order chi connectivity index (χ0) is 10.7. The molecule has 0 saturated heterocycles. The van der Waals surface area contributed by atoms with Crippen LogP contribution >= 0.6 is 23.2 Å². The topological polar surface area (TPSA) is 47.9 Å². The summed E-state index contributed by atoms with van der Waals surface area (Å²) in [5.41, 5.74) is 0. The molecule has 0 bridgehead atoms. The van der Waals surface area contributed by atoms with Crippen LogP contribution < -0.4 is 4.74 Å². The van der Waals surface area contributed by atoms with Crippen LogP contribution in [0.3, 0.4) is 0 Å². The van der Waals surface area contributed by atoms with Gasteiger partial charge >= 0.3 is 0 Å². The minimum atomic E-state index is 0.312. The molecule has 15 heavy (non-hydrogen) atoms. The van der Waals surface area contributed by atoms with E-state index >= 15 is 0 Å². The molecular weight excluding hydrogens is 237 g/mol. The molecular formula is C9H5Cl2N3O. The monoisotopic (exact) mass is 241 g/mol. The quantitative estimate of drug-likeness (QED) is 0.812. The summed E-state index contributed by atoms with van der Waals surface area (Å²) >= 11 is 11.3. The van der Waals surface area contributed by atoms with Crippen LogP contribution in [0.15, 0.2) is 30.6 Å². The van der Waals surface area contributed by atoms with Crippen molar-refractivity contribution in [3.05, 3.63) is 40.8 Å². The van der Waals surface area contributed by atoms with E-state index in [-0.39, 0.29) is 0 Å². The molecule has 0 saturated carbocycles. The molecule has 0 amide bonds. The second-order valence-electron chi connectivity index (χ2n) is 2.64. The Kier molecular flexibility index (Phi) is 2.99. The van der Waals surface area contributed by atoms with Gasteiger partial charge in [-0.3, -0.25) is 4.98 Å². The first-order valence-corrected chi connectivity index (χ1v) is 4.77. The van der Waals surface area contributed by atoms with Crippen LogP contribution in [0.1, 0.15) is 0 Å². The number of rotatable bonds is 2. The normalized spacial score (nSPS) is 10.0. The fourth-order valence-electron chi connectivity index (χ4n) is 0.927. The van der Waals surface area contributed by atoms with E-state index in [0.29, 0.717) is 21.8 Å². The number of pyridine rings is 1. The summed E-state index contributed by atoms with van der Waals surface area (Å²) < 4.78 is 5.33.